The minimum Gasteiger partial charge on any atom is -0.507 e. The Balaban J connectivity index is 2.08. The van der Waals surface area contributed by atoms with Gasteiger partial charge in [-0.1, -0.05) is 65.8 Å². The molecule has 4 heteroatoms. The molecular formula is C33H40O4. The topological polar surface area (TPSA) is 74.6 Å². The lowest BCUT2D eigenvalue weighted by Crippen LogP contribution is -2.19. The number of carboxylic acids is 1. The van der Waals surface area contributed by atoms with E-state index in [0.717, 1.165) is 44.5 Å². The first-order valence-electron chi connectivity index (χ1n) is 12.8. The summed E-state index contributed by atoms with van der Waals surface area (Å²) < 4.78 is 0. The van der Waals surface area contributed by atoms with Crippen molar-refractivity contribution in [3.63, 3.8) is 0 Å². The molecule has 0 aromatic heterocycles. The maximum atomic E-state index is 13.7. The van der Waals surface area contributed by atoms with Gasteiger partial charge in [0.1, 0.15) is 5.75 Å². The molecule has 0 atom stereocenters. The quantitative estimate of drug-likeness (QED) is 0.341. The van der Waals surface area contributed by atoms with Gasteiger partial charge in [0.15, 0.2) is 5.78 Å². The Kier molecular flexibility index (Phi) is 7.74. The van der Waals surface area contributed by atoms with Gasteiger partial charge in [0.25, 0.3) is 0 Å². The summed E-state index contributed by atoms with van der Waals surface area (Å²) in [5, 5.41) is 20.7. The van der Waals surface area contributed by atoms with Crippen molar-refractivity contribution in [3.8, 4) is 5.75 Å². The summed E-state index contributed by atoms with van der Waals surface area (Å²) in [5.41, 5.74) is 7.74. The molecule has 2 N–H and O–H groups in total. The number of Topliss-reactive ketones (excluding diaryl/α,β-unsaturated/α-hetero) is 1. The highest BCUT2D eigenvalue weighted by atomic mass is 16.4. The second-order valence-corrected chi connectivity index (χ2v) is 12.3. The normalized spacial score (nSPS) is 12.0. The van der Waals surface area contributed by atoms with Gasteiger partial charge in [-0.25, -0.2) is 4.79 Å². The van der Waals surface area contributed by atoms with Crippen molar-refractivity contribution in [2.45, 2.75) is 86.0 Å². The number of phenols is 1. The number of benzene rings is 3. The Morgan fingerprint density at radius 2 is 1.30 bits per heavy atom. The summed E-state index contributed by atoms with van der Waals surface area (Å²) >= 11 is 0. The minimum absolute atomic E-state index is 0.00272. The summed E-state index contributed by atoms with van der Waals surface area (Å²) in [6, 6.07) is 12.9. The van der Waals surface area contributed by atoms with Crippen LogP contribution in [-0.4, -0.2) is 22.0 Å². The number of phenolic OH excluding ortho intramolecular Hbond substituents is 1. The molecule has 3 rings (SSSR count). The molecule has 0 aliphatic carbocycles. The molecule has 0 saturated carbocycles. The van der Waals surface area contributed by atoms with Gasteiger partial charge >= 0.3 is 5.97 Å². The molecule has 0 fully saturated rings. The van der Waals surface area contributed by atoms with Crippen LogP contribution in [-0.2, 0) is 23.7 Å². The van der Waals surface area contributed by atoms with Gasteiger partial charge < -0.3 is 10.2 Å². The number of aromatic hydroxyl groups is 1. The summed E-state index contributed by atoms with van der Waals surface area (Å²) in [6.45, 7) is 18.3. The summed E-state index contributed by atoms with van der Waals surface area (Å²) in [5.74, 6) is -0.674. The standard InChI is InChI=1S/C33H40O4/c1-19-14-20(2)26(21(3)25(19)15-22-12-10-11-13-24(22)31(36)37)18-29(34)23-16-27(32(4,5)6)30(35)28(17-23)33(7,8)9/h10-14,16-17,35H,15,18H2,1-9H3,(H,36,37). The van der Waals surface area contributed by atoms with Crippen molar-refractivity contribution in [1.82, 2.24) is 0 Å². The van der Waals surface area contributed by atoms with E-state index in [1.54, 1.807) is 12.1 Å². The zero-order valence-electron chi connectivity index (χ0n) is 23.7. The third kappa shape index (κ3) is 5.95. The molecule has 0 unspecified atom stereocenters. The summed E-state index contributed by atoms with van der Waals surface area (Å²) in [4.78, 5) is 25.5. The van der Waals surface area contributed by atoms with Gasteiger partial charge in [-0.3, -0.25) is 4.79 Å². The van der Waals surface area contributed by atoms with Gasteiger partial charge in [-0.05, 0) is 89.6 Å². The first-order valence-corrected chi connectivity index (χ1v) is 12.8. The molecule has 3 aromatic rings. The first-order chi connectivity index (χ1) is 17.0. The Bertz CT molecular complexity index is 1330. The smallest absolute Gasteiger partial charge is 0.335 e. The van der Waals surface area contributed by atoms with E-state index in [1.165, 1.54) is 0 Å². The Labute approximate surface area is 221 Å². The number of carbonyl (C=O) groups excluding carboxylic acids is 1. The molecule has 0 spiro atoms. The zero-order chi connectivity index (χ0) is 27.9. The molecule has 0 amide bonds. The SMILES string of the molecule is Cc1cc(C)c(Cc2ccccc2C(=O)O)c(C)c1CC(=O)c1cc(C(C)(C)C)c(O)c(C(C)(C)C)c1. The fourth-order valence-electron chi connectivity index (χ4n) is 5.09. The molecule has 0 heterocycles. The van der Waals surface area contributed by atoms with Gasteiger partial charge in [0, 0.05) is 23.1 Å². The maximum Gasteiger partial charge on any atom is 0.335 e. The first kappa shape index (κ1) is 28.2. The Morgan fingerprint density at radius 3 is 1.81 bits per heavy atom. The molecule has 0 bridgehead atoms. The number of hydrogen-bond acceptors (Lipinski definition) is 3. The van der Waals surface area contributed by atoms with Gasteiger partial charge in [0.2, 0.25) is 0 Å². The summed E-state index contributed by atoms with van der Waals surface area (Å²) in [7, 11) is 0. The average molecular weight is 501 g/mol. The molecule has 0 aliphatic rings. The van der Waals surface area contributed by atoms with Crippen LogP contribution in [0.5, 0.6) is 5.75 Å². The second kappa shape index (κ2) is 10.2. The zero-order valence-corrected chi connectivity index (χ0v) is 23.7. The van der Waals surface area contributed by atoms with E-state index in [2.05, 4.69) is 6.07 Å². The van der Waals surface area contributed by atoms with E-state index in [0.29, 0.717) is 17.5 Å². The van der Waals surface area contributed by atoms with Crippen LogP contribution in [0.25, 0.3) is 0 Å². The second-order valence-electron chi connectivity index (χ2n) is 12.3. The number of aromatic carboxylic acids is 1. The van der Waals surface area contributed by atoms with Crippen LogP contribution in [0, 0.1) is 20.8 Å². The van der Waals surface area contributed by atoms with Crippen molar-refractivity contribution >= 4 is 11.8 Å². The van der Waals surface area contributed by atoms with E-state index in [1.807, 2.05) is 86.6 Å². The predicted octanol–water partition coefficient (Wildman–Crippen LogP) is 7.63. The van der Waals surface area contributed by atoms with Crippen molar-refractivity contribution in [1.29, 1.82) is 0 Å². The van der Waals surface area contributed by atoms with Crippen LogP contribution < -0.4 is 0 Å². The molecular weight excluding hydrogens is 460 g/mol. The van der Waals surface area contributed by atoms with Gasteiger partial charge in [-0.15, -0.1) is 0 Å². The van der Waals surface area contributed by atoms with Crippen LogP contribution >= 0.6 is 0 Å². The minimum atomic E-state index is -0.940. The van der Waals surface area contributed by atoms with E-state index < -0.39 is 5.97 Å². The fraction of sp³-hybridized carbons (Fsp3) is 0.394. The number of rotatable bonds is 6. The highest BCUT2D eigenvalue weighted by Gasteiger charge is 2.28. The van der Waals surface area contributed by atoms with E-state index in [-0.39, 0.29) is 28.8 Å². The van der Waals surface area contributed by atoms with Crippen molar-refractivity contribution in [2.24, 2.45) is 0 Å². The molecule has 196 valence electrons. The van der Waals surface area contributed by atoms with Crippen LogP contribution in [0.1, 0.15) is 107 Å². The van der Waals surface area contributed by atoms with E-state index >= 15 is 0 Å². The van der Waals surface area contributed by atoms with E-state index in [4.69, 9.17) is 0 Å². The lowest BCUT2D eigenvalue weighted by atomic mass is 9.77. The third-order valence-corrected chi connectivity index (χ3v) is 7.29. The van der Waals surface area contributed by atoms with Crippen molar-refractivity contribution in [3.05, 3.63) is 98.1 Å². The van der Waals surface area contributed by atoms with Gasteiger partial charge in [0.05, 0.1) is 5.56 Å². The van der Waals surface area contributed by atoms with Crippen LogP contribution in [0.4, 0.5) is 0 Å². The van der Waals surface area contributed by atoms with Gasteiger partial charge in [-0.2, -0.15) is 0 Å². The Morgan fingerprint density at radius 1 is 0.784 bits per heavy atom. The fourth-order valence-corrected chi connectivity index (χ4v) is 5.09. The number of ketones is 1. The molecule has 0 radical (unpaired) electrons. The number of aryl methyl sites for hydroxylation is 2. The highest BCUT2D eigenvalue weighted by molar-refractivity contribution is 5.98. The monoisotopic (exact) mass is 500 g/mol. The van der Waals surface area contributed by atoms with Crippen LogP contribution in [0.2, 0.25) is 0 Å². The molecule has 0 aliphatic heterocycles. The third-order valence-electron chi connectivity index (χ3n) is 7.29. The molecule has 4 nitrogen and oxygen atoms in total. The number of carboxylic acid groups (broad SMARTS) is 1. The molecule has 37 heavy (non-hydrogen) atoms. The molecule has 0 saturated heterocycles. The van der Waals surface area contributed by atoms with Crippen molar-refractivity contribution < 1.29 is 19.8 Å². The highest BCUT2D eigenvalue weighted by Crippen LogP contribution is 2.40. The lowest BCUT2D eigenvalue weighted by molar-refractivity contribution is 0.0695. The Hall–Kier alpha value is -3.40. The summed E-state index contributed by atoms with van der Waals surface area (Å²) in [6.07, 6.45) is 0.729. The average Bonchev–Trinajstić information content (AvgIpc) is 2.78. The number of carbonyl (C=O) groups is 2. The van der Waals surface area contributed by atoms with Crippen molar-refractivity contribution in [2.75, 3.05) is 0 Å². The molecule has 3 aromatic carbocycles. The predicted molar refractivity (Wildman–Crippen MR) is 150 cm³/mol. The van der Waals surface area contributed by atoms with Crippen LogP contribution in [0.15, 0.2) is 42.5 Å². The largest absolute Gasteiger partial charge is 0.507 e. The van der Waals surface area contributed by atoms with Crippen LogP contribution in [0.3, 0.4) is 0 Å². The maximum absolute atomic E-state index is 13.7. The number of hydrogen-bond donors (Lipinski definition) is 2. The lowest BCUT2D eigenvalue weighted by Gasteiger charge is -2.28. The van der Waals surface area contributed by atoms with E-state index in [9.17, 15) is 19.8 Å².